The Kier molecular flexibility index (Phi) is 7.44. The Labute approximate surface area is 267 Å². The molecule has 0 radical (unpaired) electrons. The van der Waals surface area contributed by atoms with E-state index in [1.54, 1.807) is 37.2 Å². The van der Waals surface area contributed by atoms with Crippen LogP contribution in [0.1, 0.15) is 109 Å². The minimum Gasteiger partial charge on any atom is -0.444 e. The molecule has 0 saturated heterocycles. The van der Waals surface area contributed by atoms with Crippen LogP contribution in [0.2, 0.25) is 0 Å². The number of nitrogens with one attached hydrogen (secondary N) is 1. The Balaban J connectivity index is 0.000000151. The third-order valence-electron chi connectivity index (χ3n) is 11.0. The molecule has 4 unspecified atom stereocenters. The molecule has 236 valence electrons. The third-order valence-corrected chi connectivity index (χ3v) is 11.0. The van der Waals surface area contributed by atoms with Gasteiger partial charge in [-0.25, -0.2) is 14.8 Å². The second-order valence-electron chi connectivity index (χ2n) is 16.4. The van der Waals surface area contributed by atoms with Gasteiger partial charge in [0, 0.05) is 46.7 Å². The Morgan fingerprint density at radius 2 is 1.27 bits per heavy atom. The smallest absolute Gasteiger partial charge is 0.408 e. The van der Waals surface area contributed by atoms with Crippen LogP contribution in [0.4, 0.5) is 4.79 Å². The van der Waals surface area contributed by atoms with Crippen LogP contribution in [0.3, 0.4) is 0 Å². The van der Waals surface area contributed by atoms with Crippen LogP contribution in [-0.4, -0.2) is 42.7 Å². The van der Waals surface area contributed by atoms with Crippen LogP contribution in [-0.2, 0) is 4.74 Å². The fraction of sp³-hybridized carbons (Fsp3) is 0.649. The predicted molar refractivity (Wildman–Crippen MR) is 171 cm³/mol. The average molecular weight is 607 g/mol. The molecule has 8 nitrogen and oxygen atoms in total. The van der Waals surface area contributed by atoms with E-state index in [1.165, 1.54) is 38.5 Å². The summed E-state index contributed by atoms with van der Waals surface area (Å²) in [7, 11) is 0. The van der Waals surface area contributed by atoms with Gasteiger partial charge in [-0.15, -0.1) is 0 Å². The van der Waals surface area contributed by atoms with Gasteiger partial charge in [-0.3, -0.25) is 9.97 Å². The molecule has 8 fully saturated rings. The van der Waals surface area contributed by atoms with Crippen molar-refractivity contribution in [3.8, 4) is 23.7 Å². The molecule has 2 aromatic heterocycles. The van der Waals surface area contributed by atoms with Gasteiger partial charge in [0.15, 0.2) is 0 Å². The van der Waals surface area contributed by atoms with E-state index < -0.39 is 5.60 Å². The van der Waals surface area contributed by atoms with E-state index in [4.69, 9.17) is 10.5 Å². The van der Waals surface area contributed by atoms with E-state index in [1.807, 2.05) is 20.8 Å². The number of nitrogens with zero attached hydrogens (tertiary/aromatic N) is 4. The van der Waals surface area contributed by atoms with Crippen LogP contribution in [0.5, 0.6) is 0 Å². The number of carbonyl (C=O) groups excluding carboxylic acids is 1. The lowest BCUT2D eigenvalue weighted by Gasteiger charge is -2.60. The molecule has 45 heavy (non-hydrogen) atoms. The highest BCUT2D eigenvalue weighted by atomic mass is 16.6. The van der Waals surface area contributed by atoms with Gasteiger partial charge in [-0.05, 0) is 133 Å². The summed E-state index contributed by atoms with van der Waals surface area (Å²) in [5.41, 5.74) is 7.66. The maximum absolute atomic E-state index is 12.4. The summed E-state index contributed by atoms with van der Waals surface area (Å²) < 4.78 is 5.53. The SMILES string of the molecule is CC(C)(C)OC(=O)NC12CC3CC(CC(C#Cc4cnccn4)(C3)C1)C2.NC12CC3CC(C1)CC(C#Cc1cnccn1)(C3)C2. The molecule has 10 rings (SSSR count). The lowest BCUT2D eigenvalue weighted by Crippen LogP contribution is -2.63. The van der Waals surface area contributed by atoms with Crippen LogP contribution in [0, 0.1) is 58.2 Å². The van der Waals surface area contributed by atoms with Gasteiger partial charge in [0.2, 0.25) is 0 Å². The monoisotopic (exact) mass is 606 g/mol. The normalized spacial score (nSPS) is 38.1. The standard InChI is InChI=1S/C21H27N3O2.C16H19N3/c1-19(2,3)26-18(25)24-21-11-15-8-16(12-21)10-20(9-15,14-21)5-4-17-13-22-6-7-23-17;17-16-8-12-5-13(9-16)7-15(6-12,11-16)2-1-14-10-18-3-4-19-14/h6-7,13,15-16H,8-12,14H2,1-3H3,(H,24,25);3-4,10,12-13H,5-9,11,17H2. The van der Waals surface area contributed by atoms with Gasteiger partial charge in [0.25, 0.3) is 0 Å². The molecule has 4 atom stereocenters. The highest BCUT2D eigenvalue weighted by molar-refractivity contribution is 5.69. The molecular formula is C37H46N6O2. The Bertz CT molecular complexity index is 1520. The van der Waals surface area contributed by atoms with Gasteiger partial charge in [-0.1, -0.05) is 11.8 Å². The summed E-state index contributed by atoms with van der Waals surface area (Å²) in [4.78, 5) is 29.1. The molecule has 0 aromatic carbocycles. The maximum atomic E-state index is 12.4. The number of ether oxygens (including phenoxy) is 1. The number of rotatable bonds is 1. The molecular weight excluding hydrogens is 560 g/mol. The van der Waals surface area contributed by atoms with Crippen molar-refractivity contribution in [3.05, 3.63) is 48.6 Å². The summed E-state index contributed by atoms with van der Waals surface area (Å²) in [5, 5.41) is 3.25. The highest BCUT2D eigenvalue weighted by Crippen LogP contribution is 2.62. The van der Waals surface area contributed by atoms with Crippen LogP contribution >= 0.6 is 0 Å². The van der Waals surface area contributed by atoms with E-state index in [9.17, 15) is 4.79 Å². The molecule has 8 saturated carbocycles. The summed E-state index contributed by atoms with van der Waals surface area (Å²) in [5.74, 6) is 16.5. The lowest BCUT2D eigenvalue weighted by molar-refractivity contribution is -0.0547. The Hall–Kier alpha value is -3.49. The van der Waals surface area contributed by atoms with E-state index >= 15 is 0 Å². The van der Waals surface area contributed by atoms with Gasteiger partial charge >= 0.3 is 6.09 Å². The van der Waals surface area contributed by atoms with Gasteiger partial charge in [0.05, 0.1) is 12.4 Å². The van der Waals surface area contributed by atoms with Crippen molar-refractivity contribution in [1.82, 2.24) is 25.3 Å². The third kappa shape index (κ3) is 6.73. The van der Waals surface area contributed by atoms with Crippen molar-refractivity contribution in [2.24, 2.45) is 40.2 Å². The number of hydrogen-bond acceptors (Lipinski definition) is 7. The topological polar surface area (TPSA) is 116 Å². The van der Waals surface area contributed by atoms with Crippen molar-refractivity contribution in [2.45, 2.75) is 114 Å². The van der Waals surface area contributed by atoms with Crippen molar-refractivity contribution in [2.75, 3.05) is 0 Å². The summed E-state index contributed by atoms with van der Waals surface area (Å²) in [6.07, 6.45) is 23.8. The largest absolute Gasteiger partial charge is 0.444 e. The second-order valence-corrected chi connectivity index (χ2v) is 16.4. The number of alkyl carbamates (subject to hydrolysis) is 1. The first-order valence-electron chi connectivity index (χ1n) is 16.8. The number of nitrogens with two attached hydrogens (primary N) is 1. The molecule has 1 amide bonds. The van der Waals surface area contributed by atoms with E-state index in [-0.39, 0.29) is 28.0 Å². The van der Waals surface area contributed by atoms with E-state index in [0.29, 0.717) is 11.8 Å². The summed E-state index contributed by atoms with van der Waals surface area (Å²) >= 11 is 0. The number of carbonyl (C=O) groups is 1. The first-order valence-corrected chi connectivity index (χ1v) is 16.8. The Morgan fingerprint density at radius 3 is 1.71 bits per heavy atom. The van der Waals surface area contributed by atoms with Crippen molar-refractivity contribution in [3.63, 3.8) is 0 Å². The number of amides is 1. The van der Waals surface area contributed by atoms with E-state index in [2.05, 4.69) is 48.9 Å². The summed E-state index contributed by atoms with van der Waals surface area (Å²) in [6, 6.07) is 0. The van der Waals surface area contributed by atoms with Crippen LogP contribution in [0.15, 0.2) is 37.2 Å². The quantitative estimate of drug-likeness (QED) is 0.393. The van der Waals surface area contributed by atoms with E-state index in [0.717, 1.165) is 61.7 Å². The zero-order valence-electron chi connectivity index (χ0n) is 26.9. The highest BCUT2D eigenvalue weighted by Gasteiger charge is 2.58. The molecule has 8 aliphatic carbocycles. The summed E-state index contributed by atoms with van der Waals surface area (Å²) in [6.45, 7) is 5.71. The second kappa shape index (κ2) is 11.1. The van der Waals surface area contributed by atoms with Crippen LogP contribution in [0.25, 0.3) is 0 Å². The number of hydrogen-bond donors (Lipinski definition) is 2. The molecule has 8 aliphatic rings. The van der Waals surface area contributed by atoms with Gasteiger partial charge < -0.3 is 15.8 Å². The maximum Gasteiger partial charge on any atom is 0.408 e. The fourth-order valence-electron chi connectivity index (χ4n) is 10.7. The van der Waals surface area contributed by atoms with Crippen molar-refractivity contribution < 1.29 is 9.53 Å². The lowest BCUT2D eigenvalue weighted by atomic mass is 9.47. The van der Waals surface area contributed by atoms with Gasteiger partial charge in [0.1, 0.15) is 17.0 Å². The molecule has 0 spiro atoms. The zero-order chi connectivity index (χ0) is 31.3. The minimum atomic E-state index is -0.476. The van der Waals surface area contributed by atoms with Gasteiger partial charge in [-0.2, -0.15) is 0 Å². The first kappa shape index (κ1) is 30.2. The molecule has 8 heteroatoms. The fourth-order valence-corrected chi connectivity index (χ4v) is 10.7. The number of aromatic nitrogens is 4. The zero-order valence-corrected chi connectivity index (χ0v) is 26.9. The predicted octanol–water partition coefficient (Wildman–Crippen LogP) is 5.82. The molecule has 0 aliphatic heterocycles. The molecule has 3 N–H and O–H groups in total. The Morgan fingerprint density at radius 1 is 0.778 bits per heavy atom. The van der Waals surface area contributed by atoms with Crippen molar-refractivity contribution >= 4 is 6.09 Å². The average Bonchev–Trinajstić information content (AvgIpc) is 2.93. The molecule has 8 bridgehead atoms. The minimum absolute atomic E-state index is 0.0172. The first-order chi connectivity index (χ1) is 21.4. The molecule has 2 aromatic rings. The van der Waals surface area contributed by atoms with Crippen LogP contribution < -0.4 is 11.1 Å². The van der Waals surface area contributed by atoms with Crippen molar-refractivity contribution in [1.29, 1.82) is 0 Å². The molecule has 2 heterocycles.